The SMILES string of the molecule is CC1(F)CCC2(CC1)CC2. The van der Waals surface area contributed by atoms with Crippen LogP contribution in [0.4, 0.5) is 4.39 Å². The number of alkyl halides is 1. The lowest BCUT2D eigenvalue weighted by molar-refractivity contribution is 0.0956. The summed E-state index contributed by atoms with van der Waals surface area (Å²) in [6.07, 6.45) is 6.69. The van der Waals surface area contributed by atoms with Crippen molar-refractivity contribution in [1.82, 2.24) is 0 Å². The Morgan fingerprint density at radius 3 is 1.70 bits per heavy atom. The van der Waals surface area contributed by atoms with E-state index in [-0.39, 0.29) is 0 Å². The molecule has 2 aliphatic carbocycles. The van der Waals surface area contributed by atoms with E-state index in [4.69, 9.17) is 0 Å². The molecule has 0 N–H and O–H groups in total. The highest BCUT2D eigenvalue weighted by Gasteiger charge is 2.47. The number of hydrogen-bond donors (Lipinski definition) is 0. The van der Waals surface area contributed by atoms with Crippen LogP contribution >= 0.6 is 0 Å². The van der Waals surface area contributed by atoms with E-state index in [0.29, 0.717) is 5.41 Å². The molecule has 1 heteroatoms. The first-order valence-corrected chi connectivity index (χ1v) is 4.31. The minimum atomic E-state index is -0.826. The van der Waals surface area contributed by atoms with Gasteiger partial charge in [0.05, 0.1) is 0 Å². The van der Waals surface area contributed by atoms with Gasteiger partial charge in [-0.05, 0) is 50.9 Å². The zero-order valence-electron chi connectivity index (χ0n) is 6.62. The molecule has 2 rings (SSSR count). The lowest BCUT2D eigenvalue weighted by atomic mass is 9.79. The van der Waals surface area contributed by atoms with Crippen molar-refractivity contribution in [2.45, 2.75) is 51.1 Å². The second-order valence-electron chi connectivity index (χ2n) is 4.41. The van der Waals surface area contributed by atoms with Crippen LogP contribution in [0, 0.1) is 5.41 Å². The van der Waals surface area contributed by atoms with Crippen LogP contribution in [-0.4, -0.2) is 5.67 Å². The Labute approximate surface area is 61.8 Å². The molecule has 0 amide bonds. The van der Waals surface area contributed by atoms with Crippen LogP contribution in [0.2, 0.25) is 0 Å². The van der Waals surface area contributed by atoms with Crippen molar-refractivity contribution in [2.24, 2.45) is 5.41 Å². The molecule has 2 saturated carbocycles. The van der Waals surface area contributed by atoms with Crippen LogP contribution in [0.3, 0.4) is 0 Å². The maximum absolute atomic E-state index is 13.2. The molecule has 0 aromatic rings. The minimum absolute atomic E-state index is 0.644. The Hall–Kier alpha value is -0.0700. The van der Waals surface area contributed by atoms with Crippen LogP contribution in [0.15, 0.2) is 0 Å². The van der Waals surface area contributed by atoms with Crippen LogP contribution < -0.4 is 0 Å². The van der Waals surface area contributed by atoms with Crippen LogP contribution in [0.25, 0.3) is 0 Å². The van der Waals surface area contributed by atoms with E-state index in [1.54, 1.807) is 6.92 Å². The van der Waals surface area contributed by atoms with Crippen LogP contribution in [0.5, 0.6) is 0 Å². The molecule has 0 bridgehead atoms. The summed E-state index contributed by atoms with van der Waals surface area (Å²) in [7, 11) is 0. The molecular weight excluding hydrogens is 127 g/mol. The monoisotopic (exact) mass is 142 g/mol. The third-order valence-corrected chi connectivity index (χ3v) is 3.31. The maximum atomic E-state index is 13.2. The van der Waals surface area contributed by atoms with Crippen molar-refractivity contribution in [3.63, 3.8) is 0 Å². The molecule has 0 radical (unpaired) electrons. The van der Waals surface area contributed by atoms with E-state index in [1.807, 2.05) is 0 Å². The normalized spacial score (nSPS) is 34.2. The first kappa shape index (κ1) is 6.63. The van der Waals surface area contributed by atoms with Gasteiger partial charge in [-0.1, -0.05) is 0 Å². The molecule has 0 aromatic carbocycles. The molecular formula is C9H15F. The number of rotatable bonds is 0. The molecule has 1 spiro atoms. The van der Waals surface area contributed by atoms with E-state index in [0.717, 1.165) is 25.7 Å². The molecule has 10 heavy (non-hydrogen) atoms. The Kier molecular flexibility index (Phi) is 1.16. The fourth-order valence-corrected chi connectivity index (χ4v) is 1.98. The molecule has 0 heterocycles. The summed E-state index contributed by atoms with van der Waals surface area (Å²) in [6, 6.07) is 0. The zero-order valence-corrected chi connectivity index (χ0v) is 6.62. The van der Waals surface area contributed by atoms with Crippen molar-refractivity contribution in [2.75, 3.05) is 0 Å². The Bertz CT molecular complexity index is 127. The molecule has 0 saturated heterocycles. The van der Waals surface area contributed by atoms with Crippen molar-refractivity contribution >= 4 is 0 Å². The molecule has 0 unspecified atom stereocenters. The highest BCUT2D eigenvalue weighted by Crippen LogP contribution is 2.58. The van der Waals surface area contributed by atoms with E-state index >= 15 is 0 Å². The highest BCUT2D eigenvalue weighted by molar-refractivity contribution is 4.99. The van der Waals surface area contributed by atoms with Crippen molar-refractivity contribution in [3.05, 3.63) is 0 Å². The van der Waals surface area contributed by atoms with Crippen LogP contribution in [0.1, 0.15) is 45.4 Å². The Morgan fingerprint density at radius 1 is 0.900 bits per heavy atom. The van der Waals surface area contributed by atoms with Gasteiger partial charge in [0.2, 0.25) is 0 Å². The Balaban J connectivity index is 1.95. The van der Waals surface area contributed by atoms with Gasteiger partial charge >= 0.3 is 0 Å². The van der Waals surface area contributed by atoms with Gasteiger partial charge in [-0.2, -0.15) is 0 Å². The minimum Gasteiger partial charge on any atom is -0.244 e. The van der Waals surface area contributed by atoms with Gasteiger partial charge in [-0.25, -0.2) is 4.39 Å². The molecule has 0 aliphatic heterocycles. The standard InChI is InChI=1S/C9H15F/c1-8(10)2-4-9(5-3-8)6-7-9/h2-7H2,1H3. The molecule has 2 fully saturated rings. The largest absolute Gasteiger partial charge is 0.244 e. The summed E-state index contributed by atoms with van der Waals surface area (Å²) >= 11 is 0. The summed E-state index contributed by atoms with van der Waals surface area (Å²) in [5.74, 6) is 0. The predicted octanol–water partition coefficient (Wildman–Crippen LogP) is 3.07. The first-order chi connectivity index (χ1) is 4.62. The van der Waals surface area contributed by atoms with E-state index in [9.17, 15) is 4.39 Å². The van der Waals surface area contributed by atoms with Crippen molar-refractivity contribution in [3.8, 4) is 0 Å². The van der Waals surface area contributed by atoms with Gasteiger partial charge in [0.15, 0.2) is 0 Å². The molecule has 0 nitrogen and oxygen atoms in total. The summed E-state index contributed by atoms with van der Waals surface area (Å²) in [5.41, 5.74) is -0.181. The third-order valence-electron chi connectivity index (χ3n) is 3.31. The lowest BCUT2D eigenvalue weighted by Gasteiger charge is -2.30. The van der Waals surface area contributed by atoms with Gasteiger partial charge in [0.25, 0.3) is 0 Å². The molecule has 2 aliphatic rings. The lowest BCUT2D eigenvalue weighted by Crippen LogP contribution is -2.26. The van der Waals surface area contributed by atoms with E-state index < -0.39 is 5.67 Å². The average Bonchev–Trinajstić information content (AvgIpc) is 2.60. The molecule has 0 atom stereocenters. The topological polar surface area (TPSA) is 0 Å². The smallest absolute Gasteiger partial charge is 0.108 e. The number of hydrogen-bond acceptors (Lipinski definition) is 0. The second-order valence-corrected chi connectivity index (χ2v) is 4.41. The predicted molar refractivity (Wildman–Crippen MR) is 39.6 cm³/mol. The fourth-order valence-electron chi connectivity index (χ4n) is 1.98. The Morgan fingerprint density at radius 2 is 1.30 bits per heavy atom. The van der Waals surface area contributed by atoms with Crippen molar-refractivity contribution < 1.29 is 4.39 Å². The summed E-state index contributed by atoms with van der Waals surface area (Å²) < 4.78 is 13.2. The summed E-state index contributed by atoms with van der Waals surface area (Å²) in [6.45, 7) is 1.75. The molecule has 58 valence electrons. The van der Waals surface area contributed by atoms with Gasteiger partial charge in [0, 0.05) is 0 Å². The quantitative estimate of drug-likeness (QED) is 0.487. The van der Waals surface area contributed by atoms with Crippen LogP contribution in [-0.2, 0) is 0 Å². The van der Waals surface area contributed by atoms with Gasteiger partial charge < -0.3 is 0 Å². The maximum Gasteiger partial charge on any atom is 0.108 e. The van der Waals surface area contributed by atoms with Crippen molar-refractivity contribution in [1.29, 1.82) is 0 Å². The van der Waals surface area contributed by atoms with E-state index in [2.05, 4.69) is 0 Å². The average molecular weight is 142 g/mol. The fraction of sp³-hybridized carbons (Fsp3) is 1.00. The number of halogens is 1. The summed E-state index contributed by atoms with van der Waals surface area (Å²) in [4.78, 5) is 0. The zero-order chi connectivity index (χ0) is 7.24. The van der Waals surface area contributed by atoms with Gasteiger partial charge in [-0.15, -0.1) is 0 Å². The molecule has 0 aromatic heterocycles. The first-order valence-electron chi connectivity index (χ1n) is 4.31. The van der Waals surface area contributed by atoms with E-state index in [1.165, 1.54) is 12.8 Å². The summed E-state index contributed by atoms with van der Waals surface area (Å²) in [5, 5.41) is 0. The van der Waals surface area contributed by atoms with Gasteiger partial charge in [0.1, 0.15) is 5.67 Å². The second kappa shape index (κ2) is 1.75. The highest BCUT2D eigenvalue weighted by atomic mass is 19.1. The van der Waals surface area contributed by atoms with Gasteiger partial charge in [-0.3, -0.25) is 0 Å². The third kappa shape index (κ3) is 1.06.